The zero-order valence-corrected chi connectivity index (χ0v) is 6.20. The van der Waals surface area contributed by atoms with Crippen molar-refractivity contribution in [3.8, 4) is 0 Å². The van der Waals surface area contributed by atoms with Gasteiger partial charge in [-0.1, -0.05) is 0 Å². The summed E-state index contributed by atoms with van der Waals surface area (Å²) in [6, 6.07) is 0.00463. The predicted molar refractivity (Wildman–Crippen MR) is 35.0 cm³/mol. The molecular formula is C3H8ClNO3S. The highest BCUT2D eigenvalue weighted by Crippen LogP contribution is 2.18. The van der Waals surface area contributed by atoms with Gasteiger partial charge in [0.05, 0.1) is 0 Å². The monoisotopic (exact) mass is 173 g/mol. The summed E-state index contributed by atoms with van der Waals surface area (Å²) in [4.78, 5) is 0. The number of halogens is 1. The van der Waals surface area contributed by atoms with E-state index in [1.165, 1.54) is 0 Å². The molecule has 1 aliphatic rings. The van der Waals surface area contributed by atoms with Crippen molar-refractivity contribution in [1.82, 2.24) is 4.72 Å². The number of nitrogens with one attached hydrogen (secondary N) is 1. The fraction of sp³-hybridized carbons (Fsp3) is 1.00. The van der Waals surface area contributed by atoms with Crippen molar-refractivity contribution in [2.45, 2.75) is 18.9 Å². The zero-order chi connectivity index (χ0) is 6.20. The van der Waals surface area contributed by atoms with Crippen molar-refractivity contribution in [3.05, 3.63) is 0 Å². The number of rotatable bonds is 2. The standard InChI is InChI=1S/C3H7NO3S.ClH/c5-8(6,7)4-3-1-2-3;/h3-4H,1-2H2,(H,5,6,7);1H. The summed E-state index contributed by atoms with van der Waals surface area (Å²) in [5.74, 6) is 0. The molecular weight excluding hydrogens is 166 g/mol. The Kier molecular flexibility index (Phi) is 2.88. The van der Waals surface area contributed by atoms with Crippen LogP contribution in [0.4, 0.5) is 0 Å². The maximum absolute atomic E-state index is 9.93. The minimum atomic E-state index is -3.91. The van der Waals surface area contributed by atoms with Gasteiger partial charge >= 0.3 is 10.3 Å². The maximum atomic E-state index is 9.93. The number of hydrogen-bond donors (Lipinski definition) is 2. The van der Waals surface area contributed by atoms with Gasteiger partial charge in [0.25, 0.3) is 0 Å². The van der Waals surface area contributed by atoms with Crippen LogP contribution in [-0.4, -0.2) is 19.0 Å². The Bertz CT molecular complexity index is 173. The van der Waals surface area contributed by atoms with E-state index >= 15 is 0 Å². The van der Waals surface area contributed by atoms with Crippen molar-refractivity contribution in [1.29, 1.82) is 0 Å². The van der Waals surface area contributed by atoms with Crippen molar-refractivity contribution in [3.63, 3.8) is 0 Å². The first-order chi connectivity index (χ1) is 3.58. The normalized spacial score (nSPS) is 18.8. The summed E-state index contributed by atoms with van der Waals surface area (Å²) >= 11 is 0. The Morgan fingerprint density at radius 2 is 1.89 bits per heavy atom. The third-order valence-corrected chi connectivity index (χ3v) is 1.52. The lowest BCUT2D eigenvalue weighted by Gasteiger charge is -1.92. The van der Waals surface area contributed by atoms with E-state index in [4.69, 9.17) is 4.55 Å². The predicted octanol–water partition coefficient (Wildman–Crippen LogP) is -0.0370. The third-order valence-electron chi connectivity index (χ3n) is 0.893. The van der Waals surface area contributed by atoms with Gasteiger partial charge in [-0.05, 0) is 12.8 Å². The Hall–Kier alpha value is 0.160. The van der Waals surface area contributed by atoms with Gasteiger partial charge in [-0.2, -0.15) is 13.1 Å². The molecule has 9 heavy (non-hydrogen) atoms. The topological polar surface area (TPSA) is 66.4 Å². The van der Waals surface area contributed by atoms with Gasteiger partial charge < -0.3 is 0 Å². The molecule has 0 spiro atoms. The molecule has 4 nitrogen and oxygen atoms in total. The largest absolute Gasteiger partial charge is 0.333 e. The van der Waals surface area contributed by atoms with E-state index in [2.05, 4.69) is 0 Å². The van der Waals surface area contributed by atoms with Crippen molar-refractivity contribution < 1.29 is 13.0 Å². The van der Waals surface area contributed by atoms with Gasteiger partial charge in [-0.25, -0.2) is 0 Å². The Morgan fingerprint density at radius 1 is 1.44 bits per heavy atom. The molecule has 0 heterocycles. The Morgan fingerprint density at radius 3 is 2.00 bits per heavy atom. The SMILES string of the molecule is Cl.O=S(=O)(O)NC1CC1. The lowest BCUT2D eigenvalue weighted by molar-refractivity contribution is 0.467. The first-order valence-electron chi connectivity index (χ1n) is 2.33. The summed E-state index contributed by atoms with van der Waals surface area (Å²) in [6.07, 6.45) is 1.69. The molecule has 1 rings (SSSR count). The molecule has 0 aromatic carbocycles. The minimum Gasteiger partial charge on any atom is -0.273 e. The Labute approximate surface area is 59.9 Å². The molecule has 0 radical (unpaired) electrons. The molecule has 0 amide bonds. The Balaban J connectivity index is 0.000000640. The van der Waals surface area contributed by atoms with Crippen LogP contribution in [0.5, 0.6) is 0 Å². The van der Waals surface area contributed by atoms with E-state index in [0.717, 1.165) is 12.8 Å². The van der Waals surface area contributed by atoms with E-state index in [1.807, 2.05) is 4.72 Å². The molecule has 0 aliphatic heterocycles. The average molecular weight is 174 g/mol. The summed E-state index contributed by atoms with van der Waals surface area (Å²) in [6.45, 7) is 0. The van der Waals surface area contributed by atoms with Gasteiger partial charge in [-0.15, -0.1) is 12.4 Å². The zero-order valence-electron chi connectivity index (χ0n) is 4.57. The lowest BCUT2D eigenvalue weighted by atomic mass is 10.8. The molecule has 0 unspecified atom stereocenters. The average Bonchev–Trinajstić information content (AvgIpc) is 2.12. The van der Waals surface area contributed by atoms with Crippen molar-refractivity contribution in [2.24, 2.45) is 0 Å². The molecule has 0 atom stereocenters. The fourth-order valence-electron chi connectivity index (χ4n) is 0.412. The third kappa shape index (κ3) is 4.65. The molecule has 1 aliphatic carbocycles. The van der Waals surface area contributed by atoms with Crippen molar-refractivity contribution in [2.75, 3.05) is 0 Å². The van der Waals surface area contributed by atoms with Crippen LogP contribution < -0.4 is 4.72 Å². The van der Waals surface area contributed by atoms with Crippen LogP contribution in [0, 0.1) is 0 Å². The van der Waals surface area contributed by atoms with E-state index in [0.29, 0.717) is 0 Å². The van der Waals surface area contributed by atoms with Gasteiger partial charge in [0, 0.05) is 6.04 Å². The molecule has 0 aromatic heterocycles. The quantitative estimate of drug-likeness (QED) is 0.576. The highest BCUT2D eigenvalue weighted by molar-refractivity contribution is 7.83. The molecule has 2 N–H and O–H groups in total. The second kappa shape index (κ2) is 2.83. The molecule has 1 saturated carbocycles. The summed E-state index contributed by atoms with van der Waals surface area (Å²) in [5, 5.41) is 0. The highest BCUT2D eigenvalue weighted by atomic mass is 35.5. The summed E-state index contributed by atoms with van der Waals surface area (Å²) < 4.78 is 30.0. The maximum Gasteiger partial charge on any atom is 0.333 e. The van der Waals surface area contributed by atoms with Crippen LogP contribution in [-0.2, 0) is 10.3 Å². The first-order valence-corrected chi connectivity index (χ1v) is 3.77. The summed E-state index contributed by atoms with van der Waals surface area (Å²) in [5.41, 5.74) is 0. The van der Waals surface area contributed by atoms with Crippen LogP contribution in [0.1, 0.15) is 12.8 Å². The van der Waals surface area contributed by atoms with Gasteiger partial charge in [0.15, 0.2) is 0 Å². The highest BCUT2D eigenvalue weighted by Gasteiger charge is 2.25. The van der Waals surface area contributed by atoms with Gasteiger partial charge in [-0.3, -0.25) is 4.55 Å². The summed E-state index contributed by atoms with van der Waals surface area (Å²) in [7, 11) is -3.91. The van der Waals surface area contributed by atoms with Crippen LogP contribution in [0.25, 0.3) is 0 Å². The molecule has 1 fully saturated rings. The molecule has 56 valence electrons. The second-order valence-corrected chi connectivity index (χ2v) is 3.05. The molecule has 0 bridgehead atoms. The van der Waals surface area contributed by atoms with Crippen LogP contribution in [0.3, 0.4) is 0 Å². The smallest absolute Gasteiger partial charge is 0.273 e. The fourth-order valence-corrected chi connectivity index (χ4v) is 1.07. The van der Waals surface area contributed by atoms with E-state index in [-0.39, 0.29) is 18.4 Å². The van der Waals surface area contributed by atoms with E-state index in [9.17, 15) is 8.42 Å². The van der Waals surface area contributed by atoms with Gasteiger partial charge in [0.1, 0.15) is 0 Å². The van der Waals surface area contributed by atoms with Crippen molar-refractivity contribution >= 4 is 22.7 Å². The van der Waals surface area contributed by atoms with Crippen LogP contribution >= 0.6 is 12.4 Å². The molecule has 0 aromatic rings. The van der Waals surface area contributed by atoms with Gasteiger partial charge in [0.2, 0.25) is 0 Å². The van der Waals surface area contributed by atoms with Crippen LogP contribution in [0.15, 0.2) is 0 Å². The first kappa shape index (κ1) is 9.16. The minimum absolute atomic E-state index is 0. The lowest BCUT2D eigenvalue weighted by Crippen LogP contribution is -2.24. The molecule has 6 heteroatoms. The van der Waals surface area contributed by atoms with Crippen LogP contribution in [0.2, 0.25) is 0 Å². The molecule has 0 saturated heterocycles. The second-order valence-electron chi connectivity index (χ2n) is 1.87. The van der Waals surface area contributed by atoms with E-state index in [1.54, 1.807) is 0 Å². The number of hydrogen-bond acceptors (Lipinski definition) is 2. The van der Waals surface area contributed by atoms with E-state index < -0.39 is 10.3 Å².